The number of nitrogens with zero attached hydrogens (tertiary/aromatic N) is 2. The van der Waals surface area contributed by atoms with Gasteiger partial charge in [-0.15, -0.1) is 0 Å². The number of thiazole rings is 1. The minimum Gasteiger partial charge on any atom is -0.320 e. The lowest BCUT2D eigenvalue weighted by molar-refractivity contribution is 1.26. The molecule has 0 fully saturated rings. The van der Waals surface area contributed by atoms with Crippen molar-refractivity contribution in [1.29, 1.82) is 0 Å². The Morgan fingerprint density at radius 3 is 3.00 bits per heavy atom. The smallest absolute Gasteiger partial charge is 0.168 e. The molecule has 5 heteroatoms. The van der Waals surface area contributed by atoms with Gasteiger partial charge < -0.3 is 4.98 Å². The van der Waals surface area contributed by atoms with Crippen LogP contribution in [0.3, 0.4) is 0 Å². The largest absolute Gasteiger partial charge is 0.320 e. The molecule has 0 aliphatic rings. The standard InChI is InChI=1S/C5H3N3S2/c9-5-8-3-4(10-5)7-2-1-6-3/h1-2H,(H,6,8,9). The molecule has 2 aromatic heterocycles. The number of hydrogen-bond acceptors (Lipinski definition) is 4. The first kappa shape index (κ1) is 5.94. The highest BCUT2D eigenvalue weighted by atomic mass is 32.1. The maximum atomic E-state index is 4.90. The molecule has 0 aliphatic carbocycles. The van der Waals surface area contributed by atoms with Crippen LogP contribution in [0.5, 0.6) is 0 Å². The maximum absolute atomic E-state index is 4.90. The highest BCUT2D eigenvalue weighted by Gasteiger charge is 1.94. The Balaban J connectivity index is 3.01. The Hall–Kier alpha value is -0.810. The monoisotopic (exact) mass is 169 g/mol. The van der Waals surface area contributed by atoms with Gasteiger partial charge in [-0.3, -0.25) is 0 Å². The fraction of sp³-hybridized carbons (Fsp3) is 0. The molecule has 0 aliphatic heterocycles. The van der Waals surface area contributed by atoms with Crippen LogP contribution in [-0.2, 0) is 0 Å². The van der Waals surface area contributed by atoms with Gasteiger partial charge >= 0.3 is 0 Å². The van der Waals surface area contributed by atoms with E-state index in [4.69, 9.17) is 12.2 Å². The number of H-pyrrole nitrogens is 1. The third-order valence-corrected chi connectivity index (χ3v) is 2.21. The maximum Gasteiger partial charge on any atom is 0.168 e. The van der Waals surface area contributed by atoms with Crippen LogP contribution < -0.4 is 0 Å². The van der Waals surface area contributed by atoms with Crippen LogP contribution in [0, 0.1) is 3.95 Å². The van der Waals surface area contributed by atoms with Crippen molar-refractivity contribution in [3.05, 3.63) is 16.3 Å². The number of rotatable bonds is 0. The number of nitrogens with one attached hydrogen (secondary N) is 1. The molecule has 10 heavy (non-hydrogen) atoms. The zero-order chi connectivity index (χ0) is 6.97. The van der Waals surface area contributed by atoms with Crippen molar-refractivity contribution in [3.63, 3.8) is 0 Å². The molecular formula is C5H3N3S2. The van der Waals surface area contributed by atoms with Crippen molar-refractivity contribution in [1.82, 2.24) is 15.0 Å². The van der Waals surface area contributed by atoms with Gasteiger partial charge in [0.15, 0.2) is 14.4 Å². The van der Waals surface area contributed by atoms with Crippen molar-refractivity contribution >= 4 is 34.0 Å². The van der Waals surface area contributed by atoms with Gasteiger partial charge in [-0.1, -0.05) is 11.3 Å². The summed E-state index contributed by atoms with van der Waals surface area (Å²) in [6.45, 7) is 0. The second-order valence-electron chi connectivity index (χ2n) is 1.72. The van der Waals surface area contributed by atoms with E-state index < -0.39 is 0 Å². The van der Waals surface area contributed by atoms with Gasteiger partial charge in [0.1, 0.15) is 0 Å². The minimum atomic E-state index is 0.723. The topological polar surface area (TPSA) is 41.6 Å². The van der Waals surface area contributed by atoms with E-state index >= 15 is 0 Å². The van der Waals surface area contributed by atoms with E-state index in [0.29, 0.717) is 0 Å². The van der Waals surface area contributed by atoms with Crippen LogP contribution in [0.15, 0.2) is 12.4 Å². The van der Waals surface area contributed by atoms with Crippen LogP contribution in [-0.4, -0.2) is 15.0 Å². The first-order valence-electron chi connectivity index (χ1n) is 2.66. The van der Waals surface area contributed by atoms with Crippen LogP contribution >= 0.6 is 23.6 Å². The zero-order valence-electron chi connectivity index (χ0n) is 4.87. The number of aromatic amines is 1. The molecule has 0 bridgehead atoms. The Labute approximate surface area is 65.8 Å². The van der Waals surface area contributed by atoms with E-state index in [1.807, 2.05) is 0 Å². The van der Waals surface area contributed by atoms with Gasteiger partial charge in [0.25, 0.3) is 0 Å². The van der Waals surface area contributed by atoms with E-state index in [2.05, 4.69) is 15.0 Å². The average Bonchev–Trinajstić information content (AvgIpc) is 2.27. The summed E-state index contributed by atoms with van der Waals surface area (Å²) in [7, 11) is 0. The highest BCUT2D eigenvalue weighted by Crippen LogP contribution is 2.12. The van der Waals surface area contributed by atoms with Crippen LogP contribution in [0.2, 0.25) is 0 Å². The van der Waals surface area contributed by atoms with E-state index in [9.17, 15) is 0 Å². The van der Waals surface area contributed by atoms with E-state index in [-0.39, 0.29) is 0 Å². The van der Waals surface area contributed by atoms with Crippen LogP contribution in [0.4, 0.5) is 0 Å². The Kier molecular flexibility index (Phi) is 1.25. The molecule has 0 atom stereocenters. The van der Waals surface area contributed by atoms with Crippen molar-refractivity contribution in [2.75, 3.05) is 0 Å². The molecule has 0 unspecified atom stereocenters. The third-order valence-electron chi connectivity index (χ3n) is 1.07. The zero-order valence-corrected chi connectivity index (χ0v) is 6.50. The summed E-state index contributed by atoms with van der Waals surface area (Å²) in [4.78, 5) is 11.9. The summed E-state index contributed by atoms with van der Waals surface area (Å²) in [6, 6.07) is 0. The predicted octanol–water partition coefficient (Wildman–Crippen LogP) is 1.75. The molecule has 0 radical (unpaired) electrons. The van der Waals surface area contributed by atoms with Gasteiger partial charge in [-0.2, -0.15) is 0 Å². The fourth-order valence-corrected chi connectivity index (χ4v) is 1.67. The van der Waals surface area contributed by atoms with Crippen molar-refractivity contribution < 1.29 is 0 Å². The molecule has 2 aromatic rings. The highest BCUT2D eigenvalue weighted by molar-refractivity contribution is 7.73. The number of fused-ring (bicyclic) bond motifs is 1. The minimum absolute atomic E-state index is 0.723. The summed E-state index contributed by atoms with van der Waals surface area (Å²) in [6.07, 6.45) is 3.29. The van der Waals surface area contributed by atoms with E-state index in [1.54, 1.807) is 12.4 Å². The molecule has 3 nitrogen and oxygen atoms in total. The number of aromatic nitrogens is 3. The van der Waals surface area contributed by atoms with Gasteiger partial charge in [0.05, 0.1) is 0 Å². The normalized spacial score (nSPS) is 10.4. The van der Waals surface area contributed by atoms with E-state index in [1.165, 1.54) is 11.3 Å². The molecule has 0 aromatic carbocycles. The van der Waals surface area contributed by atoms with Gasteiger partial charge in [-0.25, -0.2) is 9.97 Å². The van der Waals surface area contributed by atoms with Crippen molar-refractivity contribution in [2.24, 2.45) is 0 Å². The van der Waals surface area contributed by atoms with Gasteiger partial charge in [0, 0.05) is 12.4 Å². The summed E-state index contributed by atoms with van der Waals surface area (Å²) in [5.74, 6) is 0. The SMILES string of the molecule is S=c1[nH]c2nccnc2s1. The van der Waals surface area contributed by atoms with Crippen molar-refractivity contribution in [2.45, 2.75) is 0 Å². The summed E-state index contributed by atoms with van der Waals surface area (Å²) in [5, 5.41) is 0. The lowest BCUT2D eigenvalue weighted by Gasteiger charge is -1.80. The molecule has 50 valence electrons. The van der Waals surface area contributed by atoms with E-state index in [0.717, 1.165) is 14.4 Å². The molecule has 2 rings (SSSR count). The summed E-state index contributed by atoms with van der Waals surface area (Å²) >= 11 is 6.33. The van der Waals surface area contributed by atoms with Crippen molar-refractivity contribution in [3.8, 4) is 0 Å². The average molecular weight is 169 g/mol. The fourth-order valence-electron chi connectivity index (χ4n) is 0.696. The molecule has 0 saturated heterocycles. The lowest BCUT2D eigenvalue weighted by atomic mass is 10.7. The summed E-state index contributed by atoms with van der Waals surface area (Å²) < 4.78 is 0.723. The Morgan fingerprint density at radius 1 is 1.40 bits per heavy atom. The number of hydrogen-bond donors (Lipinski definition) is 1. The molecule has 0 saturated carbocycles. The van der Waals surface area contributed by atoms with Gasteiger partial charge in [-0.05, 0) is 12.2 Å². The summed E-state index contributed by atoms with van der Waals surface area (Å²) in [5.41, 5.74) is 0.775. The Morgan fingerprint density at radius 2 is 2.20 bits per heavy atom. The predicted molar refractivity (Wildman–Crippen MR) is 42.6 cm³/mol. The Bertz CT molecular complexity index is 366. The molecule has 0 spiro atoms. The first-order chi connectivity index (χ1) is 4.86. The van der Waals surface area contributed by atoms with Crippen LogP contribution in [0.1, 0.15) is 0 Å². The molecule has 2 heterocycles. The van der Waals surface area contributed by atoms with Crippen LogP contribution in [0.25, 0.3) is 10.5 Å². The molecule has 0 amide bonds. The lowest BCUT2D eigenvalue weighted by Crippen LogP contribution is -1.75. The molecular weight excluding hydrogens is 166 g/mol. The quantitative estimate of drug-likeness (QED) is 0.611. The molecule has 1 N–H and O–H groups in total. The second kappa shape index (κ2) is 2.10. The third kappa shape index (κ3) is 0.833. The first-order valence-corrected chi connectivity index (χ1v) is 3.88. The van der Waals surface area contributed by atoms with Gasteiger partial charge in [0.2, 0.25) is 0 Å². The second-order valence-corrected chi connectivity index (χ2v) is 3.39.